The van der Waals surface area contributed by atoms with Crippen molar-refractivity contribution >= 4 is 23.1 Å². The lowest BCUT2D eigenvalue weighted by Gasteiger charge is -2.38. The highest BCUT2D eigenvalue weighted by Crippen LogP contribution is 2.37. The highest BCUT2D eigenvalue weighted by molar-refractivity contribution is 6.30. The van der Waals surface area contributed by atoms with E-state index < -0.39 is 11.6 Å². The molecular formula is C33H37ClN2O5. The predicted octanol–water partition coefficient (Wildman–Crippen LogP) is 6.29. The van der Waals surface area contributed by atoms with Gasteiger partial charge in [0, 0.05) is 55.0 Å². The van der Waals surface area contributed by atoms with Crippen molar-refractivity contribution in [2.24, 2.45) is 0 Å². The first-order chi connectivity index (χ1) is 19.9. The van der Waals surface area contributed by atoms with E-state index in [4.69, 9.17) is 26.2 Å². The number of pyridine rings is 1. The molecule has 0 amide bonds. The van der Waals surface area contributed by atoms with Gasteiger partial charge in [-0.3, -0.25) is 4.79 Å². The van der Waals surface area contributed by atoms with Crippen molar-refractivity contribution in [3.8, 4) is 5.88 Å². The Morgan fingerprint density at radius 3 is 2.76 bits per heavy atom. The van der Waals surface area contributed by atoms with Crippen LogP contribution in [-0.2, 0) is 15.1 Å². The van der Waals surface area contributed by atoms with Crippen LogP contribution < -0.4 is 4.74 Å². The standard InChI is InChI=1S/C33H37ClN2O5/c34-26-14-12-25(13-15-26)33(39)16-20-36(21-17-33)19-6-7-24-23-28-29(40-22-3-1-2-11-31(37)38)9-4-10-30(28)41-32-27(24)8-5-18-35-32/h4-5,7-10,12-15,18,23,29,39H,1-3,6,11,16-17,19-22H2,(H,37,38). The van der Waals surface area contributed by atoms with Crippen LogP contribution in [0, 0.1) is 0 Å². The number of aliphatic carboxylic acids is 1. The number of aliphatic hydroxyl groups is 1. The fourth-order valence-corrected chi connectivity index (χ4v) is 5.68. The van der Waals surface area contributed by atoms with Gasteiger partial charge in [0.05, 0.1) is 5.60 Å². The predicted molar refractivity (Wildman–Crippen MR) is 160 cm³/mol. The molecule has 2 aliphatic heterocycles. The molecule has 1 fully saturated rings. The molecule has 216 valence electrons. The van der Waals surface area contributed by atoms with Crippen molar-refractivity contribution in [1.29, 1.82) is 0 Å². The summed E-state index contributed by atoms with van der Waals surface area (Å²) in [5.74, 6) is 0.540. The Morgan fingerprint density at radius 1 is 1.17 bits per heavy atom. The minimum Gasteiger partial charge on any atom is -0.481 e. The molecule has 1 aromatic carbocycles. The summed E-state index contributed by atoms with van der Waals surface area (Å²) in [6, 6.07) is 11.5. The van der Waals surface area contributed by atoms with E-state index in [2.05, 4.69) is 22.0 Å². The summed E-state index contributed by atoms with van der Waals surface area (Å²) in [6.45, 7) is 3.08. The number of fused-ring (bicyclic) bond motifs is 2. The van der Waals surface area contributed by atoms with Gasteiger partial charge < -0.3 is 24.6 Å². The molecule has 0 spiro atoms. The molecule has 41 heavy (non-hydrogen) atoms. The van der Waals surface area contributed by atoms with E-state index in [9.17, 15) is 9.90 Å². The van der Waals surface area contributed by atoms with E-state index in [1.165, 1.54) is 0 Å². The van der Waals surface area contributed by atoms with Gasteiger partial charge in [-0.25, -0.2) is 4.98 Å². The van der Waals surface area contributed by atoms with Crippen LogP contribution in [0.25, 0.3) is 5.57 Å². The Labute approximate surface area is 246 Å². The van der Waals surface area contributed by atoms with Crippen molar-refractivity contribution < 1.29 is 24.5 Å². The second-order valence-electron chi connectivity index (χ2n) is 10.8. The van der Waals surface area contributed by atoms with Gasteiger partial charge in [-0.2, -0.15) is 0 Å². The Balaban J connectivity index is 1.23. The van der Waals surface area contributed by atoms with Crippen LogP contribution in [0.4, 0.5) is 0 Å². The van der Waals surface area contributed by atoms with Crippen molar-refractivity contribution in [3.05, 3.63) is 100 Å². The zero-order chi connectivity index (χ0) is 28.7. The Morgan fingerprint density at radius 2 is 1.98 bits per heavy atom. The number of rotatable bonds is 11. The van der Waals surface area contributed by atoms with Crippen molar-refractivity contribution in [1.82, 2.24) is 9.88 Å². The quantitative estimate of drug-likeness (QED) is 0.303. The minimum atomic E-state index is -0.810. The second kappa shape index (κ2) is 13.6. The first-order valence-electron chi connectivity index (χ1n) is 14.4. The maximum Gasteiger partial charge on any atom is 0.303 e. The maximum absolute atomic E-state index is 11.2. The average Bonchev–Trinajstić information content (AvgIpc) is 3.13. The number of hydrogen-bond donors (Lipinski definition) is 2. The lowest BCUT2D eigenvalue weighted by atomic mass is 9.84. The highest BCUT2D eigenvalue weighted by Gasteiger charge is 2.33. The smallest absolute Gasteiger partial charge is 0.303 e. The molecule has 1 atom stereocenters. The van der Waals surface area contributed by atoms with Gasteiger partial charge in [-0.1, -0.05) is 48.4 Å². The normalized spacial score (nSPS) is 20.8. The van der Waals surface area contributed by atoms with Crippen molar-refractivity contribution in [2.45, 2.75) is 56.7 Å². The number of piperidine rings is 1. The van der Waals surface area contributed by atoms with Crippen LogP contribution in [0.2, 0.25) is 5.02 Å². The summed E-state index contributed by atoms with van der Waals surface area (Å²) < 4.78 is 12.5. The number of carboxylic acids is 1. The second-order valence-corrected chi connectivity index (χ2v) is 11.2. The lowest BCUT2D eigenvalue weighted by molar-refractivity contribution is -0.137. The fourth-order valence-electron chi connectivity index (χ4n) is 5.55. The number of carbonyl (C=O) groups is 1. The third-order valence-electron chi connectivity index (χ3n) is 7.93. The number of halogens is 1. The number of hydrogen-bond acceptors (Lipinski definition) is 6. The van der Waals surface area contributed by atoms with Crippen LogP contribution >= 0.6 is 11.6 Å². The molecule has 3 heterocycles. The summed E-state index contributed by atoms with van der Waals surface area (Å²) >= 11 is 6.03. The van der Waals surface area contributed by atoms with E-state index in [1.807, 2.05) is 54.6 Å². The summed E-state index contributed by atoms with van der Waals surface area (Å²) in [5, 5.41) is 20.7. The Kier molecular flexibility index (Phi) is 9.72. The van der Waals surface area contributed by atoms with Gasteiger partial charge in [0.2, 0.25) is 5.88 Å². The summed E-state index contributed by atoms with van der Waals surface area (Å²) in [4.78, 5) is 17.7. The summed E-state index contributed by atoms with van der Waals surface area (Å²) in [7, 11) is 0. The van der Waals surface area contributed by atoms with Crippen LogP contribution in [0.3, 0.4) is 0 Å². The Bertz CT molecular complexity index is 1340. The van der Waals surface area contributed by atoms with E-state index in [-0.39, 0.29) is 12.5 Å². The largest absolute Gasteiger partial charge is 0.481 e. The third kappa shape index (κ3) is 7.54. The number of nitrogens with zero attached hydrogens (tertiary/aromatic N) is 2. The third-order valence-corrected chi connectivity index (χ3v) is 8.18. The molecule has 0 bridgehead atoms. The number of aromatic nitrogens is 1. The van der Waals surface area contributed by atoms with E-state index in [1.54, 1.807) is 6.20 Å². The maximum atomic E-state index is 11.2. The van der Waals surface area contributed by atoms with Gasteiger partial charge >= 0.3 is 5.97 Å². The lowest BCUT2D eigenvalue weighted by Crippen LogP contribution is -2.42. The monoisotopic (exact) mass is 576 g/mol. The summed E-state index contributed by atoms with van der Waals surface area (Å²) in [6.07, 6.45) is 16.5. The van der Waals surface area contributed by atoms with Crippen LogP contribution in [-0.4, -0.2) is 58.4 Å². The summed E-state index contributed by atoms with van der Waals surface area (Å²) in [5.41, 5.74) is 3.06. The number of benzene rings is 1. The molecule has 2 aromatic rings. The van der Waals surface area contributed by atoms with E-state index >= 15 is 0 Å². The van der Waals surface area contributed by atoms with Gasteiger partial charge in [0.15, 0.2) is 0 Å². The molecule has 3 aliphatic rings. The zero-order valence-corrected chi connectivity index (χ0v) is 23.9. The molecule has 7 nitrogen and oxygen atoms in total. The van der Waals surface area contributed by atoms with Gasteiger partial charge in [-0.05, 0) is 79.7 Å². The molecule has 8 heteroatoms. The number of unbranched alkanes of at least 4 members (excludes halogenated alkanes) is 2. The molecule has 1 saturated heterocycles. The van der Waals surface area contributed by atoms with Gasteiger partial charge in [-0.15, -0.1) is 0 Å². The molecule has 1 unspecified atom stereocenters. The number of ether oxygens (including phenoxy) is 2. The topological polar surface area (TPSA) is 92.1 Å². The molecule has 2 N–H and O–H groups in total. The van der Waals surface area contributed by atoms with Crippen molar-refractivity contribution in [2.75, 3.05) is 26.2 Å². The fraction of sp³-hybridized carbons (Fsp3) is 0.394. The minimum absolute atomic E-state index is 0.190. The first kappa shape index (κ1) is 29.3. The highest BCUT2D eigenvalue weighted by atomic mass is 35.5. The Hall–Kier alpha value is -3.23. The molecule has 0 saturated carbocycles. The molecular weight excluding hydrogens is 540 g/mol. The van der Waals surface area contributed by atoms with Crippen LogP contribution in [0.5, 0.6) is 5.88 Å². The van der Waals surface area contributed by atoms with Gasteiger partial charge in [0.25, 0.3) is 0 Å². The van der Waals surface area contributed by atoms with Crippen LogP contribution in [0.15, 0.2) is 84.3 Å². The molecule has 1 aliphatic carbocycles. The molecule has 5 rings (SSSR count). The number of allylic oxidation sites excluding steroid dienone is 4. The van der Waals surface area contributed by atoms with E-state index in [0.29, 0.717) is 36.8 Å². The van der Waals surface area contributed by atoms with E-state index in [0.717, 1.165) is 66.9 Å². The average molecular weight is 577 g/mol. The SMILES string of the molecule is O=C(O)CCCCCOC1C=CC=C2Oc3ncccc3C(=CCCN3CCC(O)(c4ccc(Cl)cc4)CC3)C=C21. The molecule has 1 aromatic heterocycles. The molecule has 0 radical (unpaired) electrons. The first-order valence-corrected chi connectivity index (χ1v) is 14.8. The number of likely N-dealkylation sites (tertiary alicyclic amines) is 1. The number of carboxylic acid groups (broad SMARTS) is 1. The zero-order valence-electron chi connectivity index (χ0n) is 23.2. The van der Waals surface area contributed by atoms with Gasteiger partial charge in [0.1, 0.15) is 11.9 Å². The van der Waals surface area contributed by atoms with Crippen molar-refractivity contribution in [3.63, 3.8) is 0 Å². The van der Waals surface area contributed by atoms with Crippen LogP contribution in [0.1, 0.15) is 56.1 Å².